The lowest BCUT2D eigenvalue weighted by Gasteiger charge is -2.24. The number of hydrogen-bond acceptors (Lipinski definition) is 1. The molecule has 18 heavy (non-hydrogen) atoms. The molecule has 1 saturated heterocycles. The number of aromatic nitrogens is 1. The number of rotatable bonds is 1. The SMILES string of the molecule is [C-]#[N+]c1ccc2c(c1)c(Br)cn2C1CCOCC1. The van der Waals surface area contributed by atoms with Crippen LogP contribution in [0.5, 0.6) is 0 Å². The average molecular weight is 305 g/mol. The van der Waals surface area contributed by atoms with Crippen LogP contribution in [0.3, 0.4) is 0 Å². The zero-order chi connectivity index (χ0) is 12.5. The standard InChI is InChI=1S/C14H13BrN2O/c1-16-10-2-3-14-12(8-10)13(15)9-17(14)11-4-6-18-7-5-11/h2-3,8-9,11H,4-7H2. The molecule has 4 heteroatoms. The Bertz CT molecular complexity index is 620. The number of halogens is 1. The summed E-state index contributed by atoms with van der Waals surface area (Å²) in [5.74, 6) is 0. The molecule has 0 saturated carbocycles. The molecule has 1 aromatic heterocycles. The maximum atomic E-state index is 7.08. The van der Waals surface area contributed by atoms with Gasteiger partial charge in [-0.2, -0.15) is 0 Å². The summed E-state index contributed by atoms with van der Waals surface area (Å²) in [6.45, 7) is 8.75. The minimum absolute atomic E-state index is 0.506. The number of nitrogens with zero attached hydrogens (tertiary/aromatic N) is 2. The summed E-state index contributed by atoms with van der Waals surface area (Å²) in [6, 6.07) is 6.38. The highest BCUT2D eigenvalue weighted by atomic mass is 79.9. The van der Waals surface area contributed by atoms with Gasteiger partial charge in [0.25, 0.3) is 0 Å². The fraction of sp³-hybridized carbons (Fsp3) is 0.357. The van der Waals surface area contributed by atoms with Crippen molar-refractivity contribution in [1.82, 2.24) is 4.57 Å². The van der Waals surface area contributed by atoms with Crippen molar-refractivity contribution in [3.63, 3.8) is 0 Å². The monoisotopic (exact) mass is 304 g/mol. The van der Waals surface area contributed by atoms with E-state index in [1.165, 1.54) is 5.52 Å². The minimum Gasteiger partial charge on any atom is -0.381 e. The maximum absolute atomic E-state index is 7.08. The molecule has 3 nitrogen and oxygen atoms in total. The zero-order valence-electron chi connectivity index (χ0n) is 9.90. The second-order valence-electron chi connectivity index (χ2n) is 4.54. The zero-order valence-corrected chi connectivity index (χ0v) is 11.5. The largest absolute Gasteiger partial charge is 0.381 e. The van der Waals surface area contributed by atoms with Crippen LogP contribution in [-0.2, 0) is 4.74 Å². The molecule has 0 radical (unpaired) electrons. The van der Waals surface area contributed by atoms with E-state index in [4.69, 9.17) is 11.3 Å². The molecule has 2 heterocycles. The van der Waals surface area contributed by atoms with Gasteiger partial charge in [0.2, 0.25) is 0 Å². The lowest BCUT2D eigenvalue weighted by atomic mass is 10.1. The second kappa shape index (κ2) is 4.75. The molecule has 1 fully saturated rings. The highest BCUT2D eigenvalue weighted by Crippen LogP contribution is 2.34. The van der Waals surface area contributed by atoms with Crippen LogP contribution in [0.2, 0.25) is 0 Å². The maximum Gasteiger partial charge on any atom is 0.188 e. The van der Waals surface area contributed by atoms with Gasteiger partial charge < -0.3 is 9.30 Å². The van der Waals surface area contributed by atoms with Gasteiger partial charge in [-0.05, 0) is 40.9 Å². The van der Waals surface area contributed by atoms with Crippen LogP contribution in [0.15, 0.2) is 28.9 Å². The molecule has 1 aromatic carbocycles. The predicted molar refractivity (Wildman–Crippen MR) is 75.0 cm³/mol. The van der Waals surface area contributed by atoms with Crippen molar-refractivity contribution in [2.45, 2.75) is 18.9 Å². The van der Waals surface area contributed by atoms with Crippen molar-refractivity contribution in [3.05, 3.63) is 40.3 Å². The molecule has 0 unspecified atom stereocenters. The summed E-state index contributed by atoms with van der Waals surface area (Å²) in [6.07, 6.45) is 4.25. The normalized spacial score (nSPS) is 16.9. The van der Waals surface area contributed by atoms with E-state index in [-0.39, 0.29) is 0 Å². The highest BCUT2D eigenvalue weighted by Gasteiger charge is 2.18. The summed E-state index contributed by atoms with van der Waals surface area (Å²) in [5.41, 5.74) is 1.88. The molecule has 0 bridgehead atoms. The summed E-state index contributed by atoms with van der Waals surface area (Å²) in [5, 5.41) is 1.12. The lowest BCUT2D eigenvalue weighted by Crippen LogP contribution is -2.18. The molecule has 0 spiro atoms. The van der Waals surface area contributed by atoms with Crippen LogP contribution in [0.25, 0.3) is 15.7 Å². The van der Waals surface area contributed by atoms with Gasteiger partial charge in [0, 0.05) is 40.8 Å². The van der Waals surface area contributed by atoms with Crippen molar-refractivity contribution in [1.29, 1.82) is 0 Å². The third-order valence-corrected chi connectivity index (χ3v) is 4.11. The van der Waals surface area contributed by atoms with E-state index in [0.29, 0.717) is 11.7 Å². The quantitative estimate of drug-likeness (QED) is 0.718. The van der Waals surface area contributed by atoms with Gasteiger partial charge in [-0.1, -0.05) is 6.07 Å². The van der Waals surface area contributed by atoms with Crippen LogP contribution < -0.4 is 0 Å². The van der Waals surface area contributed by atoms with Crippen LogP contribution in [0, 0.1) is 6.57 Å². The molecule has 2 aromatic rings. The van der Waals surface area contributed by atoms with E-state index in [2.05, 4.69) is 31.5 Å². The molecule has 0 N–H and O–H groups in total. The van der Waals surface area contributed by atoms with Crippen molar-refractivity contribution < 1.29 is 4.74 Å². The Morgan fingerprint density at radius 2 is 2.11 bits per heavy atom. The third-order valence-electron chi connectivity index (χ3n) is 3.48. The van der Waals surface area contributed by atoms with Gasteiger partial charge in [0.15, 0.2) is 5.69 Å². The number of hydrogen-bond donors (Lipinski definition) is 0. The Hall–Kier alpha value is -1.31. The molecular formula is C14H13BrN2O. The third kappa shape index (κ3) is 1.94. The topological polar surface area (TPSA) is 18.5 Å². The number of fused-ring (bicyclic) bond motifs is 1. The Labute approximate surface area is 114 Å². The first-order chi connectivity index (χ1) is 8.79. The predicted octanol–water partition coefficient (Wildman–Crippen LogP) is 4.31. The lowest BCUT2D eigenvalue weighted by molar-refractivity contribution is 0.0707. The summed E-state index contributed by atoms with van der Waals surface area (Å²) in [7, 11) is 0. The van der Waals surface area contributed by atoms with Crippen molar-refractivity contribution in [2.24, 2.45) is 0 Å². The first kappa shape index (κ1) is 11.8. The summed E-state index contributed by atoms with van der Waals surface area (Å²) < 4.78 is 8.79. The van der Waals surface area contributed by atoms with Gasteiger partial charge in [0.1, 0.15) is 0 Å². The average Bonchev–Trinajstić information content (AvgIpc) is 2.77. The fourth-order valence-corrected chi connectivity index (χ4v) is 3.07. The molecule has 0 amide bonds. The van der Waals surface area contributed by atoms with E-state index < -0.39 is 0 Å². The van der Waals surface area contributed by atoms with Crippen LogP contribution in [0.4, 0.5) is 5.69 Å². The molecule has 1 aliphatic heterocycles. The van der Waals surface area contributed by atoms with Crippen LogP contribution in [0.1, 0.15) is 18.9 Å². The van der Waals surface area contributed by atoms with Gasteiger partial charge in [-0.3, -0.25) is 0 Å². The molecule has 92 valence electrons. The molecular weight excluding hydrogens is 292 g/mol. The Kier molecular flexibility index (Phi) is 3.11. The first-order valence-corrected chi connectivity index (χ1v) is 6.84. The smallest absolute Gasteiger partial charge is 0.188 e. The van der Waals surface area contributed by atoms with Gasteiger partial charge in [0.05, 0.1) is 6.57 Å². The Morgan fingerprint density at radius 3 is 2.83 bits per heavy atom. The van der Waals surface area contributed by atoms with E-state index in [0.717, 1.165) is 35.9 Å². The molecule has 1 aliphatic rings. The van der Waals surface area contributed by atoms with Gasteiger partial charge in [-0.15, -0.1) is 0 Å². The molecule has 0 aliphatic carbocycles. The van der Waals surface area contributed by atoms with E-state index in [9.17, 15) is 0 Å². The first-order valence-electron chi connectivity index (χ1n) is 6.05. The van der Waals surface area contributed by atoms with Crippen LogP contribution in [-0.4, -0.2) is 17.8 Å². The van der Waals surface area contributed by atoms with Crippen molar-refractivity contribution in [2.75, 3.05) is 13.2 Å². The minimum atomic E-state index is 0.506. The second-order valence-corrected chi connectivity index (χ2v) is 5.40. The number of ether oxygens (including phenoxy) is 1. The van der Waals surface area contributed by atoms with Gasteiger partial charge >= 0.3 is 0 Å². The summed E-state index contributed by atoms with van der Waals surface area (Å²) in [4.78, 5) is 3.48. The van der Waals surface area contributed by atoms with Crippen molar-refractivity contribution >= 4 is 32.5 Å². The molecule has 3 rings (SSSR count). The number of benzene rings is 1. The molecule has 0 atom stereocenters. The highest BCUT2D eigenvalue weighted by molar-refractivity contribution is 9.10. The van der Waals surface area contributed by atoms with Crippen LogP contribution >= 0.6 is 15.9 Å². The fourth-order valence-electron chi connectivity index (χ4n) is 2.54. The van der Waals surface area contributed by atoms with Crippen molar-refractivity contribution in [3.8, 4) is 0 Å². The summed E-state index contributed by atoms with van der Waals surface area (Å²) >= 11 is 3.59. The van der Waals surface area contributed by atoms with E-state index >= 15 is 0 Å². The van der Waals surface area contributed by atoms with E-state index in [1.807, 2.05) is 18.2 Å². The van der Waals surface area contributed by atoms with Gasteiger partial charge in [-0.25, -0.2) is 4.85 Å². The Morgan fingerprint density at radius 1 is 1.33 bits per heavy atom. The Balaban J connectivity index is 2.10. The van der Waals surface area contributed by atoms with E-state index in [1.54, 1.807) is 0 Å².